The second-order valence-corrected chi connectivity index (χ2v) is 4.78. The van der Waals surface area contributed by atoms with E-state index in [2.05, 4.69) is 5.32 Å². The molecule has 0 aliphatic carbocycles. The molecule has 2 aromatic rings. The number of hydrogen-bond acceptors (Lipinski definition) is 3. The lowest BCUT2D eigenvalue weighted by Gasteiger charge is -2.06. The highest BCUT2D eigenvalue weighted by atomic mass is 32.1. The van der Waals surface area contributed by atoms with Gasteiger partial charge in [0, 0.05) is 11.0 Å². The normalized spacial score (nSPS) is 10.7. The third-order valence-corrected chi connectivity index (χ3v) is 3.27. The van der Waals surface area contributed by atoms with Crippen LogP contribution < -0.4 is 5.32 Å². The Bertz CT molecular complexity index is 665. The summed E-state index contributed by atoms with van der Waals surface area (Å²) >= 11 is 1.46. The number of amides is 1. The number of benzene rings is 1. The van der Waals surface area contributed by atoms with Crippen molar-refractivity contribution >= 4 is 35.0 Å². The molecule has 4 nitrogen and oxygen atoms in total. The molecule has 0 unspecified atom stereocenters. The number of anilines is 1. The zero-order chi connectivity index (χ0) is 14.5. The molecule has 102 valence electrons. The second-order valence-electron chi connectivity index (χ2n) is 3.81. The Labute approximate surface area is 118 Å². The average molecular weight is 291 g/mol. The summed E-state index contributed by atoms with van der Waals surface area (Å²) in [5.74, 6) is -2.84. The Balaban J connectivity index is 2.16. The van der Waals surface area contributed by atoms with Crippen LogP contribution in [0, 0.1) is 5.82 Å². The van der Waals surface area contributed by atoms with Crippen LogP contribution in [0.15, 0.2) is 41.8 Å². The molecule has 6 heteroatoms. The summed E-state index contributed by atoms with van der Waals surface area (Å²) in [6, 6.07) is 7.38. The van der Waals surface area contributed by atoms with E-state index in [1.165, 1.54) is 29.5 Å². The number of nitrogens with one attached hydrogen (secondary N) is 1. The first-order valence-corrected chi connectivity index (χ1v) is 6.50. The van der Waals surface area contributed by atoms with Gasteiger partial charge in [0.05, 0.1) is 5.69 Å². The molecule has 1 heterocycles. The highest BCUT2D eigenvalue weighted by Crippen LogP contribution is 2.19. The Morgan fingerprint density at radius 3 is 2.70 bits per heavy atom. The minimum Gasteiger partial charge on any atom is -0.478 e. The van der Waals surface area contributed by atoms with Crippen molar-refractivity contribution in [2.24, 2.45) is 0 Å². The quantitative estimate of drug-likeness (QED) is 0.850. The van der Waals surface area contributed by atoms with Gasteiger partial charge in [-0.2, -0.15) is 0 Å². The zero-order valence-electron chi connectivity index (χ0n) is 10.2. The van der Waals surface area contributed by atoms with E-state index >= 15 is 0 Å². The summed E-state index contributed by atoms with van der Waals surface area (Å²) in [4.78, 5) is 23.5. The lowest BCUT2D eigenvalue weighted by molar-refractivity contribution is -0.111. The van der Waals surface area contributed by atoms with Gasteiger partial charge in [-0.3, -0.25) is 4.79 Å². The summed E-state index contributed by atoms with van der Waals surface area (Å²) in [6.45, 7) is 0. The molecule has 0 saturated heterocycles. The molecule has 0 fully saturated rings. The average Bonchev–Trinajstić information content (AvgIpc) is 2.89. The minimum atomic E-state index is -1.43. The van der Waals surface area contributed by atoms with Crippen LogP contribution in [0.5, 0.6) is 0 Å². The largest absolute Gasteiger partial charge is 0.478 e. The number of hydrogen-bond donors (Lipinski definition) is 2. The van der Waals surface area contributed by atoms with Crippen molar-refractivity contribution in [2.45, 2.75) is 0 Å². The number of aromatic carboxylic acids is 1. The first-order valence-electron chi connectivity index (χ1n) is 5.62. The molecular formula is C14H10FNO3S. The number of rotatable bonds is 4. The van der Waals surface area contributed by atoms with Crippen molar-refractivity contribution in [1.82, 2.24) is 0 Å². The molecular weight excluding hydrogens is 281 g/mol. The van der Waals surface area contributed by atoms with E-state index < -0.39 is 23.3 Å². The summed E-state index contributed by atoms with van der Waals surface area (Å²) in [5.41, 5.74) is -0.622. The number of carboxylic acids is 1. The third-order valence-electron chi connectivity index (χ3n) is 2.43. The molecule has 0 aliphatic rings. The van der Waals surface area contributed by atoms with E-state index in [0.717, 1.165) is 10.9 Å². The van der Waals surface area contributed by atoms with E-state index in [-0.39, 0.29) is 5.69 Å². The molecule has 1 amide bonds. The van der Waals surface area contributed by atoms with E-state index in [9.17, 15) is 14.0 Å². The van der Waals surface area contributed by atoms with Crippen molar-refractivity contribution in [2.75, 3.05) is 5.32 Å². The monoisotopic (exact) mass is 291 g/mol. The zero-order valence-corrected chi connectivity index (χ0v) is 11.0. The van der Waals surface area contributed by atoms with Crippen molar-refractivity contribution in [3.63, 3.8) is 0 Å². The first-order chi connectivity index (χ1) is 9.58. The van der Waals surface area contributed by atoms with Crippen molar-refractivity contribution < 1.29 is 19.1 Å². The predicted octanol–water partition coefficient (Wildman–Crippen LogP) is 3.24. The molecule has 0 aliphatic heterocycles. The van der Waals surface area contributed by atoms with Crippen LogP contribution in [0.2, 0.25) is 0 Å². The number of halogens is 1. The van der Waals surface area contributed by atoms with Crippen molar-refractivity contribution in [3.05, 3.63) is 58.0 Å². The standard InChI is InChI=1S/C14H10FNO3S/c15-10-4-1-5-11(13(10)14(18)19)16-12(17)7-6-9-3-2-8-20-9/h1-8H,(H,16,17)(H,18,19)/b7-6+. The van der Waals surface area contributed by atoms with Gasteiger partial charge < -0.3 is 10.4 Å². The fraction of sp³-hybridized carbons (Fsp3) is 0. The predicted molar refractivity (Wildman–Crippen MR) is 75.3 cm³/mol. The maximum absolute atomic E-state index is 13.4. The van der Waals surface area contributed by atoms with Crippen LogP contribution in [-0.2, 0) is 4.79 Å². The van der Waals surface area contributed by atoms with E-state index in [1.807, 2.05) is 17.5 Å². The van der Waals surface area contributed by atoms with E-state index in [1.54, 1.807) is 6.08 Å². The van der Waals surface area contributed by atoms with E-state index in [4.69, 9.17) is 5.11 Å². The molecule has 0 radical (unpaired) electrons. The van der Waals surface area contributed by atoms with Crippen molar-refractivity contribution in [1.29, 1.82) is 0 Å². The van der Waals surface area contributed by atoms with Gasteiger partial charge in [0.15, 0.2) is 0 Å². The summed E-state index contributed by atoms with van der Waals surface area (Å²) < 4.78 is 13.4. The summed E-state index contributed by atoms with van der Waals surface area (Å²) in [6.07, 6.45) is 2.86. The summed E-state index contributed by atoms with van der Waals surface area (Å²) in [7, 11) is 0. The lowest BCUT2D eigenvalue weighted by Crippen LogP contribution is -2.13. The number of carbonyl (C=O) groups excluding carboxylic acids is 1. The van der Waals surface area contributed by atoms with E-state index in [0.29, 0.717) is 0 Å². The maximum atomic E-state index is 13.4. The highest BCUT2D eigenvalue weighted by Gasteiger charge is 2.16. The first kappa shape index (κ1) is 14.0. The maximum Gasteiger partial charge on any atom is 0.340 e. The molecule has 0 atom stereocenters. The minimum absolute atomic E-state index is 0.0710. The van der Waals surface area contributed by atoms with Gasteiger partial charge >= 0.3 is 5.97 Å². The summed E-state index contributed by atoms with van der Waals surface area (Å²) in [5, 5.41) is 13.2. The molecule has 0 spiro atoms. The van der Waals surface area contributed by atoms with Crippen LogP contribution in [0.25, 0.3) is 6.08 Å². The molecule has 1 aromatic carbocycles. The van der Waals surface area contributed by atoms with Gasteiger partial charge in [0.2, 0.25) is 5.91 Å². The smallest absolute Gasteiger partial charge is 0.340 e. The molecule has 0 bridgehead atoms. The van der Waals surface area contributed by atoms with Gasteiger partial charge in [0.25, 0.3) is 0 Å². The molecule has 2 rings (SSSR count). The van der Waals surface area contributed by atoms with Gasteiger partial charge in [-0.15, -0.1) is 11.3 Å². The fourth-order valence-corrected chi connectivity index (χ4v) is 2.18. The molecule has 0 saturated carbocycles. The second kappa shape index (κ2) is 6.12. The van der Waals surface area contributed by atoms with Crippen LogP contribution in [0.3, 0.4) is 0 Å². The molecule has 2 N–H and O–H groups in total. The fourth-order valence-electron chi connectivity index (χ4n) is 1.56. The third kappa shape index (κ3) is 3.30. The lowest BCUT2D eigenvalue weighted by atomic mass is 10.1. The van der Waals surface area contributed by atoms with Gasteiger partial charge in [-0.05, 0) is 29.7 Å². The topological polar surface area (TPSA) is 66.4 Å². The van der Waals surface area contributed by atoms with Crippen LogP contribution in [0.1, 0.15) is 15.2 Å². The molecule has 20 heavy (non-hydrogen) atoms. The molecule has 1 aromatic heterocycles. The van der Waals surface area contributed by atoms with Crippen molar-refractivity contribution in [3.8, 4) is 0 Å². The van der Waals surface area contributed by atoms with Crippen LogP contribution >= 0.6 is 11.3 Å². The SMILES string of the molecule is O=C(/C=C/c1cccs1)Nc1cccc(F)c1C(=O)O. The van der Waals surface area contributed by atoms with Gasteiger partial charge in [-0.1, -0.05) is 12.1 Å². The van der Waals surface area contributed by atoms with Crippen LogP contribution in [0.4, 0.5) is 10.1 Å². The number of carbonyl (C=O) groups is 2. The Kier molecular flexibility index (Phi) is 4.27. The van der Waals surface area contributed by atoms with Gasteiger partial charge in [-0.25, -0.2) is 9.18 Å². The highest BCUT2D eigenvalue weighted by molar-refractivity contribution is 7.10. The Hall–Kier alpha value is -2.47. The Morgan fingerprint density at radius 1 is 1.25 bits per heavy atom. The van der Waals surface area contributed by atoms with Crippen LogP contribution in [-0.4, -0.2) is 17.0 Å². The Morgan fingerprint density at radius 2 is 2.05 bits per heavy atom. The van der Waals surface area contributed by atoms with Gasteiger partial charge in [0.1, 0.15) is 11.4 Å². The number of thiophene rings is 1. The number of carboxylic acid groups (broad SMARTS) is 1.